The Balaban J connectivity index is 2.04. The first-order valence-corrected chi connectivity index (χ1v) is 9.98. The van der Waals surface area contributed by atoms with Crippen LogP contribution in [0.2, 0.25) is 0 Å². The summed E-state index contributed by atoms with van der Waals surface area (Å²) in [6.45, 7) is 1.69. The van der Waals surface area contributed by atoms with Crippen molar-refractivity contribution in [2.45, 2.75) is 62.8 Å². The summed E-state index contributed by atoms with van der Waals surface area (Å²) in [7, 11) is 0. The Morgan fingerprint density at radius 2 is 2.00 bits per heavy atom. The Labute approximate surface area is 165 Å². The predicted molar refractivity (Wildman–Crippen MR) is 107 cm³/mol. The van der Waals surface area contributed by atoms with Crippen LogP contribution >= 0.6 is 12.6 Å². The summed E-state index contributed by atoms with van der Waals surface area (Å²) in [6, 6.07) is 8.79. The van der Waals surface area contributed by atoms with Crippen molar-refractivity contribution in [1.29, 1.82) is 0 Å². The zero-order valence-electron chi connectivity index (χ0n) is 15.6. The largest absolute Gasteiger partial charge is 0.480 e. The molecule has 1 aromatic rings. The van der Waals surface area contributed by atoms with Gasteiger partial charge in [0.15, 0.2) is 0 Å². The molecule has 3 atom stereocenters. The topological polar surface area (TPSA) is 86.7 Å². The molecule has 1 aliphatic rings. The average Bonchev–Trinajstić information content (AvgIpc) is 2.77. The molecule has 6 nitrogen and oxygen atoms in total. The van der Waals surface area contributed by atoms with Crippen LogP contribution in [0.1, 0.15) is 44.6 Å². The molecule has 148 valence electrons. The van der Waals surface area contributed by atoms with Crippen molar-refractivity contribution in [2.24, 2.45) is 0 Å². The molecule has 7 heteroatoms. The minimum Gasteiger partial charge on any atom is -0.480 e. The summed E-state index contributed by atoms with van der Waals surface area (Å²) >= 11 is 4.39. The third kappa shape index (κ3) is 6.27. The fourth-order valence-corrected chi connectivity index (χ4v) is 3.82. The van der Waals surface area contributed by atoms with Gasteiger partial charge in [-0.2, -0.15) is 12.6 Å². The van der Waals surface area contributed by atoms with E-state index in [-0.39, 0.29) is 24.4 Å². The third-order valence-electron chi connectivity index (χ3n) is 4.87. The lowest BCUT2D eigenvalue weighted by Crippen LogP contribution is -2.52. The standard InChI is InChI=1S/C20H28N2O4S/c1-2-7-15-10-6-11-16(20(26)22(15)13-18(23)24)21-19(25)17(27)12-14-8-4-3-5-9-14/h3-5,8-9,15-17,27H,2,6-7,10-13H2,1H3,(H,21,25)(H,23,24)/t15-,16+,17+/m0/s1. The maximum Gasteiger partial charge on any atom is 0.323 e. The minimum atomic E-state index is -1.03. The van der Waals surface area contributed by atoms with Gasteiger partial charge in [-0.1, -0.05) is 43.7 Å². The van der Waals surface area contributed by atoms with Gasteiger partial charge < -0.3 is 15.3 Å². The van der Waals surface area contributed by atoms with Crippen LogP contribution in [0.25, 0.3) is 0 Å². The Morgan fingerprint density at radius 1 is 1.30 bits per heavy atom. The van der Waals surface area contributed by atoms with E-state index in [1.807, 2.05) is 37.3 Å². The molecule has 0 bridgehead atoms. The van der Waals surface area contributed by atoms with Gasteiger partial charge in [-0.25, -0.2) is 0 Å². The first kappa shape index (κ1) is 21.3. The number of hydrogen-bond donors (Lipinski definition) is 3. The van der Waals surface area contributed by atoms with E-state index < -0.39 is 17.3 Å². The molecule has 27 heavy (non-hydrogen) atoms. The third-order valence-corrected chi connectivity index (χ3v) is 5.29. The number of nitrogens with one attached hydrogen (secondary N) is 1. The summed E-state index contributed by atoms with van der Waals surface area (Å²) in [5.74, 6) is -1.64. The molecule has 1 saturated heterocycles. The van der Waals surface area contributed by atoms with E-state index in [0.717, 1.165) is 31.2 Å². The molecule has 2 N–H and O–H groups in total. The second kappa shape index (κ2) is 10.3. The molecule has 0 saturated carbocycles. The zero-order valence-corrected chi connectivity index (χ0v) is 16.5. The van der Waals surface area contributed by atoms with E-state index >= 15 is 0 Å². The monoisotopic (exact) mass is 392 g/mol. The zero-order chi connectivity index (χ0) is 19.8. The molecule has 0 unspecified atom stereocenters. The summed E-state index contributed by atoms with van der Waals surface area (Å²) in [6.07, 6.45) is 4.16. The Kier molecular flexibility index (Phi) is 8.16. The maximum absolute atomic E-state index is 12.9. The highest BCUT2D eigenvalue weighted by Gasteiger charge is 2.35. The molecule has 0 spiro atoms. The molecule has 0 aliphatic carbocycles. The Bertz CT molecular complexity index is 653. The SMILES string of the molecule is CCC[C@H]1CCC[C@@H](NC(=O)[C@H](S)Cc2ccccc2)C(=O)N1CC(=O)O. The molecule has 1 heterocycles. The quantitative estimate of drug-likeness (QED) is 0.593. The van der Waals surface area contributed by atoms with Crippen LogP contribution in [0.5, 0.6) is 0 Å². The predicted octanol–water partition coefficient (Wildman–Crippen LogP) is 2.28. The minimum absolute atomic E-state index is 0.0865. The molecule has 2 rings (SSSR count). The number of carboxylic acids is 1. The number of thiol groups is 1. The lowest BCUT2D eigenvalue weighted by Gasteiger charge is -2.30. The molecule has 2 amide bonds. The molecule has 1 aromatic carbocycles. The van der Waals surface area contributed by atoms with Crippen LogP contribution < -0.4 is 5.32 Å². The van der Waals surface area contributed by atoms with Crippen molar-refractivity contribution in [3.8, 4) is 0 Å². The Hall–Kier alpha value is -2.02. The lowest BCUT2D eigenvalue weighted by atomic mass is 10.0. The number of benzene rings is 1. The summed E-state index contributed by atoms with van der Waals surface area (Å²) < 4.78 is 0. The first-order chi connectivity index (χ1) is 12.9. The normalized spacial score (nSPS) is 21.4. The van der Waals surface area contributed by atoms with E-state index in [0.29, 0.717) is 12.8 Å². The number of likely N-dealkylation sites (tertiary alicyclic amines) is 1. The fraction of sp³-hybridized carbons (Fsp3) is 0.550. The van der Waals surface area contributed by atoms with Crippen LogP contribution in [0.15, 0.2) is 30.3 Å². The number of amides is 2. The van der Waals surface area contributed by atoms with Gasteiger partial charge in [-0.3, -0.25) is 14.4 Å². The number of hydrogen-bond acceptors (Lipinski definition) is 4. The smallest absolute Gasteiger partial charge is 0.323 e. The second-order valence-electron chi connectivity index (χ2n) is 7.00. The van der Waals surface area contributed by atoms with Gasteiger partial charge in [-0.15, -0.1) is 0 Å². The van der Waals surface area contributed by atoms with Gasteiger partial charge >= 0.3 is 5.97 Å². The van der Waals surface area contributed by atoms with E-state index in [1.54, 1.807) is 0 Å². The van der Waals surface area contributed by atoms with Crippen molar-refractivity contribution in [2.75, 3.05) is 6.54 Å². The number of nitrogens with zero attached hydrogens (tertiary/aromatic N) is 1. The van der Waals surface area contributed by atoms with Crippen LogP contribution in [-0.2, 0) is 20.8 Å². The molecular weight excluding hydrogens is 364 g/mol. The van der Waals surface area contributed by atoms with Crippen LogP contribution in [0.3, 0.4) is 0 Å². The first-order valence-electron chi connectivity index (χ1n) is 9.47. The summed E-state index contributed by atoms with van der Waals surface area (Å²) in [4.78, 5) is 38.1. The number of aliphatic carboxylic acids is 1. The highest BCUT2D eigenvalue weighted by Crippen LogP contribution is 2.22. The van der Waals surface area contributed by atoms with E-state index in [4.69, 9.17) is 0 Å². The maximum atomic E-state index is 12.9. The van der Waals surface area contributed by atoms with Gasteiger partial charge in [0.25, 0.3) is 0 Å². The van der Waals surface area contributed by atoms with Gasteiger partial charge in [0.1, 0.15) is 12.6 Å². The number of rotatable bonds is 8. The van der Waals surface area contributed by atoms with E-state index in [9.17, 15) is 19.5 Å². The lowest BCUT2D eigenvalue weighted by molar-refractivity contribution is -0.147. The number of carbonyl (C=O) groups is 3. The Morgan fingerprint density at radius 3 is 2.63 bits per heavy atom. The summed E-state index contributed by atoms with van der Waals surface area (Å²) in [5.41, 5.74) is 0.996. The highest BCUT2D eigenvalue weighted by atomic mass is 32.1. The van der Waals surface area contributed by atoms with Gasteiger partial charge in [0.2, 0.25) is 11.8 Å². The van der Waals surface area contributed by atoms with Crippen molar-refractivity contribution >= 4 is 30.4 Å². The van der Waals surface area contributed by atoms with Crippen molar-refractivity contribution in [3.63, 3.8) is 0 Å². The highest BCUT2D eigenvalue weighted by molar-refractivity contribution is 7.81. The van der Waals surface area contributed by atoms with Gasteiger partial charge in [0, 0.05) is 6.04 Å². The van der Waals surface area contributed by atoms with Crippen LogP contribution in [0.4, 0.5) is 0 Å². The molecule has 1 aliphatic heterocycles. The van der Waals surface area contributed by atoms with Crippen LogP contribution in [0, 0.1) is 0 Å². The number of carbonyl (C=O) groups excluding carboxylic acids is 2. The molecule has 0 radical (unpaired) electrons. The fourth-order valence-electron chi connectivity index (χ4n) is 3.54. The molecule has 1 fully saturated rings. The molecular formula is C20H28N2O4S. The summed E-state index contributed by atoms with van der Waals surface area (Å²) in [5, 5.41) is 11.4. The van der Waals surface area contributed by atoms with E-state index in [2.05, 4.69) is 17.9 Å². The van der Waals surface area contributed by atoms with Crippen molar-refractivity contribution in [1.82, 2.24) is 10.2 Å². The number of carboxylic acid groups (broad SMARTS) is 1. The average molecular weight is 393 g/mol. The van der Waals surface area contributed by atoms with Crippen molar-refractivity contribution in [3.05, 3.63) is 35.9 Å². The van der Waals surface area contributed by atoms with Gasteiger partial charge in [0.05, 0.1) is 5.25 Å². The molecule has 0 aromatic heterocycles. The second-order valence-corrected chi connectivity index (χ2v) is 7.62. The van der Waals surface area contributed by atoms with Gasteiger partial charge in [-0.05, 0) is 37.7 Å². The van der Waals surface area contributed by atoms with Crippen LogP contribution in [-0.4, -0.2) is 51.7 Å². The van der Waals surface area contributed by atoms with E-state index in [1.165, 1.54) is 4.90 Å². The van der Waals surface area contributed by atoms with Crippen molar-refractivity contribution < 1.29 is 19.5 Å².